The number of guanidine groups is 1. The smallest absolute Gasteiger partial charge is 0.194 e. The van der Waals surface area contributed by atoms with Crippen LogP contribution in [0.2, 0.25) is 0 Å². The number of hydrogen-bond donors (Lipinski definition) is 1. The highest BCUT2D eigenvalue weighted by Gasteiger charge is 2.35. The van der Waals surface area contributed by atoms with Crippen molar-refractivity contribution in [2.45, 2.75) is 53.2 Å². The molecule has 0 bridgehead atoms. The van der Waals surface area contributed by atoms with Crippen molar-refractivity contribution in [3.63, 3.8) is 0 Å². The number of rotatable bonds is 5. The van der Waals surface area contributed by atoms with Crippen molar-refractivity contribution in [1.82, 2.24) is 25.0 Å². The van der Waals surface area contributed by atoms with E-state index in [1.165, 1.54) is 6.42 Å². The first-order valence-electron chi connectivity index (χ1n) is 9.26. The summed E-state index contributed by atoms with van der Waals surface area (Å²) in [5.41, 5.74) is 0.142. The van der Waals surface area contributed by atoms with Crippen LogP contribution in [0.5, 0.6) is 0 Å². The highest BCUT2D eigenvalue weighted by Crippen LogP contribution is 2.34. The molecule has 2 atom stereocenters. The quantitative estimate of drug-likeness (QED) is 0.650. The fourth-order valence-electron chi connectivity index (χ4n) is 3.41. The molecule has 0 radical (unpaired) electrons. The number of hydrogen-bond acceptors (Lipinski definition) is 4. The maximum atomic E-state index is 6.08. The van der Waals surface area contributed by atoms with E-state index in [-0.39, 0.29) is 11.5 Å². The fraction of sp³-hybridized carbons (Fsp3) is 0.833. The molecule has 1 aromatic rings. The van der Waals surface area contributed by atoms with Gasteiger partial charge in [-0.05, 0) is 25.2 Å². The van der Waals surface area contributed by atoms with Gasteiger partial charge in [-0.3, -0.25) is 9.67 Å². The van der Waals surface area contributed by atoms with Crippen LogP contribution in [-0.4, -0.2) is 58.5 Å². The molecule has 0 saturated carbocycles. The van der Waals surface area contributed by atoms with Crippen LogP contribution in [0.15, 0.2) is 11.3 Å². The Balaban J connectivity index is 2.06. The van der Waals surface area contributed by atoms with Crippen molar-refractivity contribution in [2.24, 2.45) is 23.4 Å². The summed E-state index contributed by atoms with van der Waals surface area (Å²) < 4.78 is 7.88. The van der Waals surface area contributed by atoms with Crippen molar-refractivity contribution >= 4 is 5.96 Å². The van der Waals surface area contributed by atoms with Gasteiger partial charge >= 0.3 is 0 Å². The lowest BCUT2D eigenvalue weighted by molar-refractivity contribution is -0.0824. The largest absolute Gasteiger partial charge is 0.377 e. The second-order valence-electron chi connectivity index (χ2n) is 7.91. The number of nitrogens with zero attached hydrogens (tertiary/aromatic N) is 5. The Labute approximate surface area is 151 Å². The molecule has 2 unspecified atom stereocenters. The Morgan fingerprint density at radius 1 is 1.48 bits per heavy atom. The first-order valence-corrected chi connectivity index (χ1v) is 9.26. The van der Waals surface area contributed by atoms with Crippen LogP contribution in [0.4, 0.5) is 0 Å². The molecule has 0 aliphatic carbocycles. The molecule has 142 valence electrons. The van der Waals surface area contributed by atoms with Crippen LogP contribution in [0.3, 0.4) is 0 Å². The number of ether oxygens (including phenoxy) is 1. The van der Waals surface area contributed by atoms with E-state index in [1.54, 1.807) is 11.0 Å². The third-order valence-electron chi connectivity index (χ3n) is 4.65. The molecule has 1 saturated heterocycles. The SMILES string of the molecule is CCNC(=NCC1CCCOC1C(C)(C)C)N(C)Cc1ncnn1C. The molecule has 0 aromatic carbocycles. The van der Waals surface area contributed by atoms with E-state index in [0.29, 0.717) is 12.5 Å². The summed E-state index contributed by atoms with van der Waals surface area (Å²) in [6.07, 6.45) is 4.15. The molecule has 1 aliphatic heterocycles. The minimum Gasteiger partial charge on any atom is -0.377 e. The van der Waals surface area contributed by atoms with Crippen LogP contribution in [-0.2, 0) is 18.3 Å². The first kappa shape index (κ1) is 19.7. The van der Waals surface area contributed by atoms with E-state index in [4.69, 9.17) is 9.73 Å². The van der Waals surface area contributed by atoms with Gasteiger partial charge in [0.25, 0.3) is 0 Å². The van der Waals surface area contributed by atoms with E-state index in [9.17, 15) is 0 Å². The number of nitrogens with one attached hydrogen (secondary N) is 1. The zero-order valence-corrected chi connectivity index (χ0v) is 16.6. The maximum absolute atomic E-state index is 6.08. The Kier molecular flexibility index (Phi) is 6.81. The summed E-state index contributed by atoms with van der Waals surface area (Å²) in [4.78, 5) is 11.3. The van der Waals surface area contributed by atoms with E-state index in [1.807, 2.05) is 14.1 Å². The minimum absolute atomic E-state index is 0.142. The van der Waals surface area contributed by atoms with Crippen molar-refractivity contribution in [3.05, 3.63) is 12.2 Å². The van der Waals surface area contributed by atoms with E-state index in [2.05, 4.69) is 48.0 Å². The Hall–Kier alpha value is -1.63. The highest BCUT2D eigenvalue weighted by molar-refractivity contribution is 5.79. The van der Waals surface area contributed by atoms with Gasteiger partial charge < -0.3 is 15.0 Å². The molecule has 0 spiro atoms. The van der Waals surface area contributed by atoms with Gasteiger partial charge in [-0.1, -0.05) is 20.8 Å². The van der Waals surface area contributed by atoms with Crippen molar-refractivity contribution < 1.29 is 4.74 Å². The van der Waals surface area contributed by atoms with Crippen LogP contribution >= 0.6 is 0 Å². The number of aliphatic imine (C=N–C) groups is 1. The molecule has 1 N–H and O–H groups in total. The molecule has 2 heterocycles. The topological polar surface area (TPSA) is 67.6 Å². The van der Waals surface area contributed by atoms with E-state index >= 15 is 0 Å². The number of aromatic nitrogens is 3. The molecule has 7 heteroatoms. The summed E-state index contributed by atoms with van der Waals surface area (Å²) in [6, 6.07) is 0. The zero-order valence-electron chi connectivity index (χ0n) is 16.6. The van der Waals surface area contributed by atoms with E-state index < -0.39 is 0 Å². The monoisotopic (exact) mass is 350 g/mol. The predicted molar refractivity (Wildman–Crippen MR) is 100 cm³/mol. The average Bonchev–Trinajstić information content (AvgIpc) is 2.95. The lowest BCUT2D eigenvalue weighted by Crippen LogP contribution is -2.43. The van der Waals surface area contributed by atoms with E-state index in [0.717, 1.165) is 37.9 Å². The summed E-state index contributed by atoms with van der Waals surface area (Å²) >= 11 is 0. The van der Waals surface area contributed by atoms with Gasteiger partial charge in [-0.2, -0.15) is 5.10 Å². The highest BCUT2D eigenvalue weighted by atomic mass is 16.5. The van der Waals surface area contributed by atoms with Crippen LogP contribution in [0.1, 0.15) is 46.4 Å². The van der Waals surface area contributed by atoms with Gasteiger partial charge in [0.15, 0.2) is 5.96 Å². The molecule has 0 amide bonds. The van der Waals surface area contributed by atoms with Crippen molar-refractivity contribution in [3.8, 4) is 0 Å². The molecule has 7 nitrogen and oxygen atoms in total. The maximum Gasteiger partial charge on any atom is 0.194 e. The normalized spacial score (nSPS) is 22.1. The first-order chi connectivity index (χ1) is 11.8. The molecule has 2 rings (SSSR count). The summed E-state index contributed by atoms with van der Waals surface area (Å²) in [6.45, 7) is 12.0. The molecule has 1 aliphatic rings. The number of aryl methyl sites for hydroxylation is 1. The summed E-state index contributed by atoms with van der Waals surface area (Å²) in [7, 11) is 3.95. The molecule has 25 heavy (non-hydrogen) atoms. The molecular weight excluding hydrogens is 316 g/mol. The second kappa shape index (κ2) is 8.65. The van der Waals surface area contributed by atoms with Gasteiger partial charge in [0.1, 0.15) is 12.2 Å². The second-order valence-corrected chi connectivity index (χ2v) is 7.91. The Morgan fingerprint density at radius 2 is 2.24 bits per heavy atom. The van der Waals surface area contributed by atoms with Crippen LogP contribution in [0.25, 0.3) is 0 Å². The van der Waals surface area contributed by atoms with Gasteiger partial charge in [0, 0.05) is 39.7 Å². The van der Waals surface area contributed by atoms with Crippen LogP contribution < -0.4 is 5.32 Å². The lowest BCUT2D eigenvalue weighted by Gasteiger charge is -2.39. The molecular formula is C18H34N6O. The Bertz CT molecular complexity index is 562. The van der Waals surface area contributed by atoms with Gasteiger partial charge in [-0.15, -0.1) is 0 Å². The summed E-state index contributed by atoms with van der Waals surface area (Å²) in [5, 5.41) is 7.52. The molecule has 1 fully saturated rings. The van der Waals surface area contributed by atoms with Gasteiger partial charge in [-0.25, -0.2) is 4.98 Å². The minimum atomic E-state index is 0.142. The van der Waals surface area contributed by atoms with Gasteiger partial charge in [0.05, 0.1) is 12.6 Å². The molecule has 1 aromatic heterocycles. The zero-order chi connectivity index (χ0) is 18.4. The predicted octanol–water partition coefficient (Wildman–Crippen LogP) is 2.05. The van der Waals surface area contributed by atoms with Crippen LogP contribution in [0, 0.1) is 11.3 Å². The van der Waals surface area contributed by atoms with Gasteiger partial charge in [0.2, 0.25) is 0 Å². The van der Waals surface area contributed by atoms with Crippen molar-refractivity contribution in [1.29, 1.82) is 0 Å². The Morgan fingerprint density at radius 3 is 2.84 bits per heavy atom. The fourth-order valence-corrected chi connectivity index (χ4v) is 3.41. The average molecular weight is 351 g/mol. The lowest BCUT2D eigenvalue weighted by atomic mass is 9.78. The summed E-state index contributed by atoms with van der Waals surface area (Å²) in [5.74, 6) is 2.29. The third kappa shape index (κ3) is 5.42. The third-order valence-corrected chi connectivity index (χ3v) is 4.65. The van der Waals surface area contributed by atoms with Crippen molar-refractivity contribution in [2.75, 3.05) is 26.7 Å². The standard InChI is InChI=1S/C18H34N6O/c1-7-19-17(23(5)12-15-21-13-22-24(15)6)20-11-14-9-8-10-25-16(14)18(2,3)4/h13-14,16H,7-12H2,1-6H3,(H,19,20).